The van der Waals surface area contributed by atoms with Gasteiger partial charge in [-0.3, -0.25) is 4.79 Å². The van der Waals surface area contributed by atoms with E-state index in [1.807, 2.05) is 13.8 Å². The summed E-state index contributed by atoms with van der Waals surface area (Å²) in [5.74, 6) is -0.190. The van der Waals surface area contributed by atoms with Gasteiger partial charge in [0.2, 0.25) is 15.9 Å². The standard InChI is InChI=1S/C13H20N2O3S/c1-4-5-10(2)15-19(17,18)13-8-6-12(7-9-13)14-11(3)16/h6-10,15H,4-5H2,1-3H3,(H,14,16)/t10-/m0/s1. The Kier molecular flexibility index (Phi) is 5.50. The van der Waals surface area contributed by atoms with Crippen LogP contribution in [0.25, 0.3) is 0 Å². The van der Waals surface area contributed by atoms with Crippen LogP contribution in [0.2, 0.25) is 0 Å². The molecule has 5 nitrogen and oxygen atoms in total. The molecule has 0 aliphatic rings. The van der Waals surface area contributed by atoms with Crippen LogP contribution in [-0.4, -0.2) is 20.4 Å². The van der Waals surface area contributed by atoms with E-state index in [0.717, 1.165) is 12.8 Å². The van der Waals surface area contributed by atoms with Gasteiger partial charge < -0.3 is 5.32 Å². The second-order valence-electron chi connectivity index (χ2n) is 4.52. The van der Waals surface area contributed by atoms with E-state index in [2.05, 4.69) is 10.0 Å². The quantitative estimate of drug-likeness (QED) is 0.840. The fourth-order valence-corrected chi connectivity index (χ4v) is 3.02. The van der Waals surface area contributed by atoms with Gasteiger partial charge in [-0.15, -0.1) is 0 Å². The number of hydrogen-bond donors (Lipinski definition) is 2. The fourth-order valence-electron chi connectivity index (χ4n) is 1.75. The Hall–Kier alpha value is -1.40. The summed E-state index contributed by atoms with van der Waals surface area (Å²) >= 11 is 0. The van der Waals surface area contributed by atoms with Gasteiger partial charge in [0, 0.05) is 18.7 Å². The minimum Gasteiger partial charge on any atom is -0.326 e. The molecule has 1 atom stereocenters. The van der Waals surface area contributed by atoms with Crippen molar-refractivity contribution >= 4 is 21.6 Å². The Morgan fingerprint density at radius 1 is 1.26 bits per heavy atom. The summed E-state index contributed by atoms with van der Waals surface area (Å²) in [6, 6.07) is 6.00. The van der Waals surface area contributed by atoms with Crippen LogP contribution >= 0.6 is 0 Å². The highest BCUT2D eigenvalue weighted by Gasteiger charge is 2.16. The molecular formula is C13H20N2O3S. The highest BCUT2D eigenvalue weighted by Crippen LogP contribution is 2.14. The third kappa shape index (κ3) is 5.00. The average molecular weight is 284 g/mol. The smallest absolute Gasteiger partial charge is 0.240 e. The van der Waals surface area contributed by atoms with Crippen molar-refractivity contribution < 1.29 is 13.2 Å². The third-order valence-corrected chi connectivity index (χ3v) is 4.17. The van der Waals surface area contributed by atoms with Crippen LogP contribution < -0.4 is 10.0 Å². The molecule has 1 aromatic carbocycles. The first-order chi connectivity index (χ1) is 8.85. The second kappa shape index (κ2) is 6.68. The molecule has 0 aliphatic carbocycles. The van der Waals surface area contributed by atoms with E-state index in [9.17, 15) is 13.2 Å². The van der Waals surface area contributed by atoms with Crippen molar-refractivity contribution in [3.05, 3.63) is 24.3 Å². The molecule has 1 aromatic rings. The molecule has 1 amide bonds. The van der Waals surface area contributed by atoms with Crippen LogP contribution in [0.5, 0.6) is 0 Å². The van der Waals surface area contributed by atoms with Crippen LogP contribution in [0, 0.1) is 0 Å². The van der Waals surface area contributed by atoms with Crippen molar-refractivity contribution in [2.24, 2.45) is 0 Å². The van der Waals surface area contributed by atoms with Crippen molar-refractivity contribution in [3.8, 4) is 0 Å². The monoisotopic (exact) mass is 284 g/mol. The lowest BCUT2D eigenvalue weighted by atomic mass is 10.2. The van der Waals surface area contributed by atoms with Crippen LogP contribution in [0.4, 0.5) is 5.69 Å². The zero-order valence-electron chi connectivity index (χ0n) is 11.4. The maximum atomic E-state index is 12.1. The zero-order chi connectivity index (χ0) is 14.5. The lowest BCUT2D eigenvalue weighted by Crippen LogP contribution is -2.32. The van der Waals surface area contributed by atoms with Gasteiger partial charge >= 0.3 is 0 Å². The summed E-state index contributed by atoms with van der Waals surface area (Å²) in [5.41, 5.74) is 0.577. The number of benzene rings is 1. The number of amides is 1. The molecular weight excluding hydrogens is 264 g/mol. The fraction of sp³-hybridized carbons (Fsp3) is 0.462. The minimum atomic E-state index is -3.49. The third-order valence-electron chi connectivity index (χ3n) is 2.56. The molecule has 6 heteroatoms. The molecule has 0 fully saturated rings. The maximum absolute atomic E-state index is 12.1. The summed E-state index contributed by atoms with van der Waals surface area (Å²) in [6.07, 6.45) is 1.72. The Morgan fingerprint density at radius 2 is 1.84 bits per heavy atom. The maximum Gasteiger partial charge on any atom is 0.240 e. The Bertz CT molecular complexity index is 523. The van der Waals surface area contributed by atoms with E-state index in [1.165, 1.54) is 19.1 Å². The molecule has 0 aromatic heterocycles. The van der Waals surface area contributed by atoms with E-state index in [-0.39, 0.29) is 16.8 Å². The van der Waals surface area contributed by atoms with E-state index >= 15 is 0 Å². The number of nitrogens with one attached hydrogen (secondary N) is 2. The summed E-state index contributed by atoms with van der Waals surface area (Å²) < 4.78 is 26.7. The van der Waals surface area contributed by atoms with E-state index in [1.54, 1.807) is 12.1 Å². The van der Waals surface area contributed by atoms with Gasteiger partial charge in [0.15, 0.2) is 0 Å². The summed E-state index contributed by atoms with van der Waals surface area (Å²) in [5, 5.41) is 2.59. The molecule has 0 radical (unpaired) electrons. The van der Waals surface area contributed by atoms with Gasteiger partial charge in [0.1, 0.15) is 0 Å². The predicted octanol–water partition coefficient (Wildman–Crippen LogP) is 2.11. The Balaban J connectivity index is 2.81. The molecule has 19 heavy (non-hydrogen) atoms. The van der Waals surface area contributed by atoms with Crippen molar-refractivity contribution in [2.75, 3.05) is 5.32 Å². The van der Waals surface area contributed by atoms with Crippen molar-refractivity contribution in [3.63, 3.8) is 0 Å². The summed E-state index contributed by atoms with van der Waals surface area (Å²) in [4.78, 5) is 11.1. The molecule has 0 saturated heterocycles. The molecule has 0 unspecified atom stereocenters. The van der Waals surface area contributed by atoms with Crippen LogP contribution in [0.15, 0.2) is 29.2 Å². The molecule has 106 valence electrons. The normalized spacial score (nSPS) is 13.0. The largest absolute Gasteiger partial charge is 0.326 e. The Labute approximate surface area is 114 Å². The van der Waals surface area contributed by atoms with Gasteiger partial charge in [-0.05, 0) is 37.6 Å². The number of carbonyl (C=O) groups excluding carboxylic acids is 1. The zero-order valence-corrected chi connectivity index (χ0v) is 12.3. The molecule has 0 spiro atoms. The highest BCUT2D eigenvalue weighted by molar-refractivity contribution is 7.89. The Morgan fingerprint density at radius 3 is 2.32 bits per heavy atom. The first kappa shape index (κ1) is 15.7. The van der Waals surface area contributed by atoms with Gasteiger partial charge in [0.05, 0.1) is 4.90 Å². The molecule has 0 saturated carbocycles. The SMILES string of the molecule is CCC[C@H](C)NS(=O)(=O)c1ccc(NC(C)=O)cc1. The topological polar surface area (TPSA) is 75.3 Å². The second-order valence-corrected chi connectivity index (χ2v) is 6.23. The van der Waals surface area contributed by atoms with Gasteiger partial charge in [-0.25, -0.2) is 13.1 Å². The van der Waals surface area contributed by atoms with Crippen LogP contribution in [-0.2, 0) is 14.8 Å². The predicted molar refractivity (Wildman–Crippen MR) is 75.4 cm³/mol. The van der Waals surface area contributed by atoms with E-state index in [4.69, 9.17) is 0 Å². The minimum absolute atomic E-state index is 0.0926. The first-order valence-corrected chi connectivity index (χ1v) is 7.73. The number of carbonyl (C=O) groups is 1. The number of rotatable bonds is 6. The van der Waals surface area contributed by atoms with Crippen molar-refractivity contribution in [2.45, 2.75) is 44.6 Å². The molecule has 0 bridgehead atoms. The molecule has 0 heterocycles. The van der Waals surface area contributed by atoms with E-state index < -0.39 is 10.0 Å². The van der Waals surface area contributed by atoms with Crippen molar-refractivity contribution in [1.82, 2.24) is 4.72 Å². The van der Waals surface area contributed by atoms with Gasteiger partial charge in [-0.2, -0.15) is 0 Å². The summed E-state index contributed by atoms with van der Waals surface area (Å²) in [6.45, 7) is 5.25. The highest BCUT2D eigenvalue weighted by atomic mass is 32.2. The number of hydrogen-bond acceptors (Lipinski definition) is 3. The summed E-state index contributed by atoms with van der Waals surface area (Å²) in [7, 11) is -3.49. The lowest BCUT2D eigenvalue weighted by Gasteiger charge is -2.13. The molecule has 1 rings (SSSR count). The number of anilines is 1. The van der Waals surface area contributed by atoms with Gasteiger partial charge in [-0.1, -0.05) is 13.3 Å². The van der Waals surface area contributed by atoms with Crippen LogP contribution in [0.3, 0.4) is 0 Å². The molecule has 2 N–H and O–H groups in total. The molecule has 0 aliphatic heterocycles. The van der Waals surface area contributed by atoms with Crippen LogP contribution in [0.1, 0.15) is 33.6 Å². The average Bonchev–Trinajstić information content (AvgIpc) is 2.28. The first-order valence-electron chi connectivity index (χ1n) is 6.25. The van der Waals surface area contributed by atoms with Gasteiger partial charge in [0.25, 0.3) is 0 Å². The lowest BCUT2D eigenvalue weighted by molar-refractivity contribution is -0.114. The number of sulfonamides is 1. The van der Waals surface area contributed by atoms with Crippen molar-refractivity contribution in [1.29, 1.82) is 0 Å². The van der Waals surface area contributed by atoms with E-state index in [0.29, 0.717) is 5.69 Å².